The van der Waals surface area contributed by atoms with Crippen molar-refractivity contribution in [2.24, 2.45) is 42.9 Å². The number of nitrogens with two attached hydrogens (primary N) is 4. The molecule has 42 heteroatoms. The van der Waals surface area contributed by atoms with Gasteiger partial charge in [0.25, 0.3) is 23.6 Å². The first-order valence-electron chi connectivity index (χ1n) is 35.0. The molecule has 12 N–H and O–H groups in total. The SMILES string of the molecule is CN1C[C@@](C)(c2cc(NC(=O)C(F)F)ccc2F)N=C(N)C(C)(C)S1(=O)=O.CN1C[C@@](C)(c2cc(NC(=O)c3ccccn3)ccc2F)N=C(N)C(C)(C)S1(=O)=O.CO[C@H](C)C(=O)Nc1ccc(F)c([C@]2(C)CN(C)S(=O)(=O)C(C)(C)C(N)=N2)c1.Cc1cc(C(=O)Nc2ccc(F)c([C@]3(C)CN(C)S(=O)(=O)C(C)(C)C(N)=N3)c2)on1. The summed E-state index contributed by atoms with van der Waals surface area (Å²) in [6.07, 6.45) is -2.43. The number of aryl methyl sites for hydroxylation is 1. The molecule has 4 aliphatic heterocycles. The zero-order valence-corrected chi connectivity index (χ0v) is 70.0. The van der Waals surface area contributed by atoms with E-state index >= 15 is 0 Å². The van der Waals surface area contributed by atoms with Gasteiger partial charge in [0.2, 0.25) is 45.9 Å². The number of halogens is 6. The second-order valence-corrected chi connectivity index (χ2v) is 40.9. The molecule has 0 fully saturated rings. The smallest absolute Gasteiger partial charge is 0.315 e. The van der Waals surface area contributed by atoms with E-state index in [1.807, 2.05) is 5.32 Å². The van der Waals surface area contributed by atoms with E-state index in [-0.39, 0.29) is 94.6 Å². The van der Waals surface area contributed by atoms with Crippen LogP contribution in [-0.2, 0) is 76.6 Å². The van der Waals surface area contributed by atoms with E-state index in [1.54, 1.807) is 52.8 Å². The van der Waals surface area contributed by atoms with Crippen LogP contribution in [0.1, 0.15) is 139 Å². The number of pyridine rings is 1. The number of sulfonamides is 4. The fraction of sp³-hybridized carbons (Fsp3) is 0.452. The topological polar surface area (TPSA) is 468 Å². The van der Waals surface area contributed by atoms with Crippen LogP contribution < -0.4 is 44.2 Å². The van der Waals surface area contributed by atoms with Gasteiger partial charge in [-0.2, -0.15) is 8.78 Å². The Morgan fingerprint density at radius 2 is 0.739 bits per heavy atom. The Hall–Kier alpha value is -9.82. The van der Waals surface area contributed by atoms with Crippen LogP contribution in [0.3, 0.4) is 0 Å². The lowest BCUT2D eigenvalue weighted by atomic mass is 9.91. The van der Waals surface area contributed by atoms with Crippen LogP contribution in [0.2, 0.25) is 0 Å². The van der Waals surface area contributed by atoms with E-state index in [2.05, 4.69) is 46.1 Å². The molecule has 10 rings (SSSR count). The predicted molar refractivity (Wildman–Crippen MR) is 425 cm³/mol. The number of hydrogen-bond donors (Lipinski definition) is 8. The van der Waals surface area contributed by atoms with Gasteiger partial charge in [-0.25, -0.2) is 68.5 Å². The van der Waals surface area contributed by atoms with Crippen molar-refractivity contribution in [2.45, 2.75) is 151 Å². The minimum absolute atomic E-state index is 0.00824. The maximum absolute atomic E-state index is 14.8. The number of carbonyl (C=O) groups is 4. The first-order chi connectivity index (χ1) is 52.6. The van der Waals surface area contributed by atoms with Crippen LogP contribution in [0.4, 0.5) is 49.1 Å². The zero-order chi connectivity index (χ0) is 87.1. The second kappa shape index (κ2) is 33.4. The average Bonchev–Trinajstić information content (AvgIpc) is 1.62. The van der Waals surface area contributed by atoms with Crippen LogP contribution in [0.25, 0.3) is 0 Å². The summed E-state index contributed by atoms with van der Waals surface area (Å²) in [5.41, 5.74) is 20.6. The first kappa shape index (κ1) is 92.4. The lowest BCUT2D eigenvalue weighted by molar-refractivity contribution is -0.126. The number of likely N-dealkylation sites (N-methyl/N-ethyl adjacent to an activating group) is 4. The molecule has 0 unspecified atom stereocenters. The number of ether oxygens (including phenoxy) is 1. The number of methoxy groups -OCH3 is 1. The number of amidine groups is 4. The quantitative estimate of drug-likeness (QED) is 0.0530. The normalized spacial score (nSPS) is 24.3. The second-order valence-electron chi connectivity index (χ2n) is 30.6. The average molecular weight is 1690 g/mol. The lowest BCUT2D eigenvalue weighted by Crippen LogP contribution is -2.50. The number of benzene rings is 4. The van der Waals surface area contributed by atoms with Crippen LogP contribution in [0.15, 0.2) is 128 Å². The highest BCUT2D eigenvalue weighted by Gasteiger charge is 2.53. The summed E-state index contributed by atoms with van der Waals surface area (Å²) in [5.74, 6) is -6.01. The van der Waals surface area contributed by atoms with Crippen molar-refractivity contribution in [2.75, 3.05) is 82.7 Å². The van der Waals surface area contributed by atoms with Crippen molar-refractivity contribution in [1.29, 1.82) is 0 Å². The highest BCUT2D eigenvalue weighted by molar-refractivity contribution is 7.92. The summed E-state index contributed by atoms with van der Waals surface area (Å²) in [6, 6.07) is 21.7. The summed E-state index contributed by atoms with van der Waals surface area (Å²) in [7, 11) is -8.33. The number of hydrogen-bond acceptors (Lipinski definition) is 24. The number of aliphatic imine (C=N–C) groups is 4. The Bertz CT molecular complexity index is 5390. The minimum atomic E-state index is -3.87. The van der Waals surface area contributed by atoms with Gasteiger partial charge in [-0.05, 0) is 182 Å². The van der Waals surface area contributed by atoms with Crippen molar-refractivity contribution in [3.05, 3.63) is 166 Å². The standard InChI is InChI=1S/C20H24FN5O3S.C19H24FN5O4S.C18H27FN4O4S.C16H21F3N4O3S/c1-19(2)18(22)25-20(3,12-26(4)30(19,28)29)14-11-13(8-9-15(14)21)24-17(27)16-7-5-6-10-23-16;1-11-8-15(29-24-11)16(26)22-12-6-7-14(20)13(9-12)19(4)10-25(5)30(27,28)18(2,3)17(21)23-19;1-11(27-6)15(24)21-12-7-8-14(19)13(9-12)18(4)10-23(5)28(25,26)17(2,3)16(20)22-18;1-15(2)14(20)22-16(3,8-23(4)27(15,25)26)10-7-9(5-6-11(10)17)21-13(24)12(18)19/h5-11H,12H2,1-4H3,(H2,22,25)(H,24,27);6-9H,10H2,1-5H3,(H2,21,23)(H,22,26);7-9,11H,10H2,1-6H3,(H2,20,22)(H,21,24);5-7,12H,8H2,1-4H3,(H2,20,22)(H,21,24)/t20-;19-;11-,18+;16-/m0010/s1. The number of carbonyl (C=O) groups excluding carboxylic acids is 4. The highest BCUT2D eigenvalue weighted by atomic mass is 32.2. The summed E-state index contributed by atoms with van der Waals surface area (Å²) in [6.45, 7) is 20.5. The third kappa shape index (κ3) is 18.7. The van der Waals surface area contributed by atoms with Gasteiger partial charge >= 0.3 is 6.43 Å². The molecule has 0 radical (unpaired) electrons. The monoisotopic (exact) mass is 1690 g/mol. The van der Waals surface area contributed by atoms with Gasteiger partial charge in [-0.15, -0.1) is 0 Å². The molecule has 115 heavy (non-hydrogen) atoms. The number of nitrogens with zero attached hydrogens (tertiary/aromatic N) is 10. The number of anilines is 4. The number of aromatic nitrogens is 2. The predicted octanol–water partition coefficient (Wildman–Crippen LogP) is 7.18. The molecule has 0 aliphatic carbocycles. The zero-order valence-electron chi connectivity index (χ0n) is 66.7. The van der Waals surface area contributed by atoms with Crippen molar-refractivity contribution in [3.8, 4) is 0 Å². The van der Waals surface area contributed by atoms with Gasteiger partial charge in [-0.3, -0.25) is 44.1 Å². The van der Waals surface area contributed by atoms with Crippen molar-refractivity contribution >= 4 is 110 Å². The third-order valence-electron chi connectivity index (χ3n) is 20.2. The van der Waals surface area contributed by atoms with Crippen molar-refractivity contribution in [1.82, 2.24) is 27.4 Å². The fourth-order valence-electron chi connectivity index (χ4n) is 12.5. The van der Waals surface area contributed by atoms with E-state index in [4.69, 9.17) is 32.2 Å². The van der Waals surface area contributed by atoms with E-state index in [1.165, 1.54) is 164 Å². The van der Waals surface area contributed by atoms with Crippen LogP contribution >= 0.6 is 0 Å². The first-order valence-corrected chi connectivity index (χ1v) is 40.8. The molecule has 4 aliphatic rings. The third-order valence-corrected chi connectivity index (χ3v) is 30.0. The Kier molecular flexibility index (Phi) is 26.8. The molecule has 0 bridgehead atoms. The minimum Gasteiger partial charge on any atom is -0.386 e. The molecule has 6 aromatic rings. The fourth-order valence-corrected chi connectivity index (χ4v) is 18.5. The summed E-state index contributed by atoms with van der Waals surface area (Å²) in [5, 5.41) is 13.6. The van der Waals surface area contributed by atoms with Gasteiger partial charge in [-0.1, -0.05) is 11.2 Å². The maximum Gasteiger partial charge on any atom is 0.315 e. The van der Waals surface area contributed by atoms with Crippen LogP contribution in [-0.4, -0.2) is 201 Å². The van der Waals surface area contributed by atoms with Gasteiger partial charge < -0.3 is 53.5 Å². The van der Waals surface area contributed by atoms with Gasteiger partial charge in [0.1, 0.15) is 99.6 Å². The molecule has 0 spiro atoms. The molecule has 0 saturated heterocycles. The molecule has 4 aromatic carbocycles. The highest BCUT2D eigenvalue weighted by Crippen LogP contribution is 2.42. The summed E-state index contributed by atoms with van der Waals surface area (Å²) < 4.78 is 195. The number of amides is 4. The van der Waals surface area contributed by atoms with E-state index < -0.39 is 141 Å². The maximum atomic E-state index is 14.8. The van der Waals surface area contributed by atoms with Crippen LogP contribution in [0, 0.1) is 30.2 Å². The molecular formula is C73H96F6N18O14S4. The summed E-state index contributed by atoms with van der Waals surface area (Å²) >= 11 is 0. The number of alkyl halides is 2. The van der Waals surface area contributed by atoms with E-state index in [0.29, 0.717) is 17.1 Å². The Morgan fingerprint density at radius 3 is 1.00 bits per heavy atom. The molecule has 32 nitrogen and oxygen atoms in total. The molecule has 4 amide bonds. The number of nitrogens with one attached hydrogen (secondary N) is 4. The Labute approximate surface area is 664 Å². The van der Waals surface area contributed by atoms with Crippen LogP contribution in [0.5, 0.6) is 0 Å². The van der Waals surface area contributed by atoms with Gasteiger partial charge in [0.15, 0.2) is 0 Å². The van der Waals surface area contributed by atoms with Crippen molar-refractivity contribution < 1.29 is 88.5 Å². The Morgan fingerprint density at radius 1 is 0.452 bits per heavy atom. The van der Waals surface area contributed by atoms with Gasteiger partial charge in [0, 0.05) is 119 Å². The number of rotatable bonds is 13. The van der Waals surface area contributed by atoms with E-state index in [0.717, 1.165) is 35.4 Å². The lowest BCUT2D eigenvalue weighted by Gasteiger charge is -2.29. The molecular weight excluding hydrogens is 1600 g/mol. The molecule has 6 heterocycles. The molecule has 0 saturated carbocycles. The summed E-state index contributed by atoms with van der Waals surface area (Å²) in [4.78, 5) is 69.5. The van der Waals surface area contributed by atoms with Crippen molar-refractivity contribution in [3.63, 3.8) is 0 Å². The molecule has 5 atom stereocenters. The molecule has 2 aromatic heterocycles. The largest absolute Gasteiger partial charge is 0.386 e. The van der Waals surface area contributed by atoms with Gasteiger partial charge in [0.05, 0.1) is 5.69 Å². The Balaban J connectivity index is 0.000000212. The van der Waals surface area contributed by atoms with E-state index in [9.17, 15) is 79.2 Å². The molecule has 628 valence electrons.